The number of rotatable bonds is 4. The zero-order chi connectivity index (χ0) is 18.9. The number of anilines is 1. The molecule has 0 saturated carbocycles. The van der Waals surface area contributed by atoms with Crippen LogP contribution in [0.3, 0.4) is 0 Å². The van der Waals surface area contributed by atoms with Crippen molar-refractivity contribution in [2.45, 2.75) is 0 Å². The molecule has 7 heteroatoms. The number of H-pyrrole nitrogens is 1. The molecule has 0 fully saturated rings. The minimum absolute atomic E-state index is 0.204. The first kappa shape index (κ1) is 16.5. The van der Waals surface area contributed by atoms with Crippen LogP contribution in [-0.2, 0) is 0 Å². The number of nitrogens with one attached hydrogen (secondary N) is 2. The molecule has 5 rings (SSSR count). The van der Waals surface area contributed by atoms with Gasteiger partial charge in [0.05, 0.1) is 27.8 Å². The molecule has 0 atom stereocenters. The van der Waals surface area contributed by atoms with E-state index in [1.54, 1.807) is 28.4 Å². The summed E-state index contributed by atoms with van der Waals surface area (Å²) in [6.45, 7) is 0. The molecule has 2 N–H and O–H groups in total. The molecule has 0 radical (unpaired) electrons. The number of carbonyl (C=O) groups is 1. The van der Waals surface area contributed by atoms with Crippen molar-refractivity contribution in [1.82, 2.24) is 20.0 Å². The Labute approximate surface area is 164 Å². The standard InChI is InChI=1S/C21H15N5OS/c27-21(23-15-9-8-14-12-22-24-18(14)11-15)17-13-26(16-5-2-1-3-6-16)25-20(17)19-7-4-10-28-19/h1-13H,(H,22,24)(H,23,27). The summed E-state index contributed by atoms with van der Waals surface area (Å²) in [6.07, 6.45) is 3.52. The van der Waals surface area contributed by atoms with E-state index >= 15 is 0 Å². The fourth-order valence-corrected chi connectivity index (χ4v) is 3.78. The van der Waals surface area contributed by atoms with Crippen molar-refractivity contribution < 1.29 is 4.79 Å². The van der Waals surface area contributed by atoms with E-state index < -0.39 is 0 Å². The minimum Gasteiger partial charge on any atom is -0.322 e. The third kappa shape index (κ3) is 2.97. The maximum Gasteiger partial charge on any atom is 0.259 e. The van der Waals surface area contributed by atoms with Crippen molar-refractivity contribution in [1.29, 1.82) is 0 Å². The molecule has 136 valence electrons. The van der Waals surface area contributed by atoms with Gasteiger partial charge in [-0.2, -0.15) is 10.2 Å². The second kappa shape index (κ2) is 6.79. The molecule has 0 aliphatic heterocycles. The molecule has 3 aromatic heterocycles. The summed E-state index contributed by atoms with van der Waals surface area (Å²) in [5.74, 6) is -0.204. The molecular weight excluding hydrogens is 370 g/mol. The summed E-state index contributed by atoms with van der Waals surface area (Å²) in [5, 5.41) is 17.6. The van der Waals surface area contributed by atoms with E-state index in [0.717, 1.165) is 21.5 Å². The smallest absolute Gasteiger partial charge is 0.259 e. The zero-order valence-electron chi connectivity index (χ0n) is 14.7. The van der Waals surface area contributed by atoms with Crippen molar-refractivity contribution in [3.05, 3.63) is 84.0 Å². The largest absolute Gasteiger partial charge is 0.322 e. The van der Waals surface area contributed by atoms with E-state index in [1.165, 1.54) is 0 Å². The number of thiophene rings is 1. The van der Waals surface area contributed by atoms with E-state index in [-0.39, 0.29) is 5.91 Å². The van der Waals surface area contributed by atoms with E-state index in [0.29, 0.717) is 16.9 Å². The number of hydrogen-bond acceptors (Lipinski definition) is 4. The molecule has 2 aromatic carbocycles. The number of amides is 1. The van der Waals surface area contributed by atoms with Gasteiger partial charge in [-0.3, -0.25) is 9.89 Å². The molecule has 0 unspecified atom stereocenters. The maximum absolute atomic E-state index is 13.1. The quantitative estimate of drug-likeness (QED) is 0.470. The van der Waals surface area contributed by atoms with Gasteiger partial charge in [-0.1, -0.05) is 24.3 Å². The summed E-state index contributed by atoms with van der Waals surface area (Å²) in [7, 11) is 0. The Hall–Kier alpha value is -3.71. The Morgan fingerprint density at radius 2 is 1.96 bits per heavy atom. The van der Waals surface area contributed by atoms with Crippen molar-refractivity contribution in [2.75, 3.05) is 5.32 Å². The second-order valence-corrected chi connectivity index (χ2v) is 7.22. The van der Waals surface area contributed by atoms with Crippen molar-refractivity contribution >= 4 is 33.8 Å². The Balaban J connectivity index is 1.53. The highest BCUT2D eigenvalue weighted by Gasteiger charge is 2.19. The molecule has 1 amide bonds. The lowest BCUT2D eigenvalue weighted by atomic mass is 10.2. The molecule has 0 aliphatic carbocycles. The lowest BCUT2D eigenvalue weighted by Crippen LogP contribution is -2.12. The van der Waals surface area contributed by atoms with E-state index in [2.05, 4.69) is 20.6 Å². The SMILES string of the molecule is O=C(Nc1ccc2cn[nH]c2c1)c1cn(-c2ccccc2)nc1-c1cccs1. The Morgan fingerprint density at radius 3 is 2.79 bits per heavy atom. The van der Waals surface area contributed by atoms with Crippen LogP contribution in [0.5, 0.6) is 0 Å². The summed E-state index contributed by atoms with van der Waals surface area (Å²) >= 11 is 1.56. The van der Waals surface area contributed by atoms with Crippen molar-refractivity contribution in [2.24, 2.45) is 0 Å². The maximum atomic E-state index is 13.1. The molecule has 6 nitrogen and oxygen atoms in total. The average molecular weight is 385 g/mol. The number of fused-ring (bicyclic) bond motifs is 1. The average Bonchev–Trinajstić information content (AvgIpc) is 3.47. The first-order chi connectivity index (χ1) is 13.8. The van der Waals surface area contributed by atoms with Crippen LogP contribution in [0.2, 0.25) is 0 Å². The van der Waals surface area contributed by atoms with Crippen LogP contribution in [-0.4, -0.2) is 25.9 Å². The van der Waals surface area contributed by atoms with Gasteiger partial charge in [0, 0.05) is 17.3 Å². The Kier molecular flexibility index (Phi) is 3.99. The third-order valence-corrected chi connectivity index (χ3v) is 5.31. The van der Waals surface area contributed by atoms with Crippen LogP contribution in [0.1, 0.15) is 10.4 Å². The molecular formula is C21H15N5OS. The van der Waals surface area contributed by atoms with Gasteiger partial charge in [-0.25, -0.2) is 4.68 Å². The highest BCUT2D eigenvalue weighted by Crippen LogP contribution is 2.28. The zero-order valence-corrected chi connectivity index (χ0v) is 15.5. The van der Waals surface area contributed by atoms with Crippen LogP contribution in [0, 0.1) is 0 Å². The van der Waals surface area contributed by atoms with Crippen LogP contribution < -0.4 is 5.32 Å². The summed E-state index contributed by atoms with van der Waals surface area (Å²) < 4.78 is 1.74. The fraction of sp³-hybridized carbons (Fsp3) is 0. The Bertz CT molecular complexity index is 1250. The lowest BCUT2D eigenvalue weighted by Gasteiger charge is -2.05. The van der Waals surface area contributed by atoms with E-state index in [4.69, 9.17) is 0 Å². The predicted octanol–water partition coefficient (Wildman–Crippen LogP) is 4.73. The fourth-order valence-electron chi connectivity index (χ4n) is 3.06. The van der Waals surface area contributed by atoms with E-state index in [9.17, 15) is 4.79 Å². The van der Waals surface area contributed by atoms with Crippen molar-refractivity contribution in [3.63, 3.8) is 0 Å². The number of aromatic amines is 1. The van der Waals surface area contributed by atoms with Gasteiger partial charge >= 0.3 is 0 Å². The molecule has 3 heterocycles. The lowest BCUT2D eigenvalue weighted by molar-refractivity contribution is 0.102. The highest BCUT2D eigenvalue weighted by atomic mass is 32.1. The molecule has 0 saturated heterocycles. The highest BCUT2D eigenvalue weighted by molar-refractivity contribution is 7.13. The van der Waals surface area contributed by atoms with E-state index in [1.807, 2.05) is 66.0 Å². The molecule has 28 heavy (non-hydrogen) atoms. The predicted molar refractivity (Wildman–Crippen MR) is 111 cm³/mol. The number of aromatic nitrogens is 4. The van der Waals surface area contributed by atoms with Crippen molar-refractivity contribution in [3.8, 4) is 16.3 Å². The van der Waals surface area contributed by atoms with Crippen LogP contribution >= 0.6 is 11.3 Å². The molecule has 0 aliphatic rings. The monoisotopic (exact) mass is 385 g/mol. The van der Waals surface area contributed by atoms with Gasteiger partial charge < -0.3 is 5.32 Å². The van der Waals surface area contributed by atoms with Gasteiger partial charge in [0.1, 0.15) is 5.69 Å². The van der Waals surface area contributed by atoms with Gasteiger partial charge in [0.2, 0.25) is 0 Å². The summed E-state index contributed by atoms with van der Waals surface area (Å²) in [5.41, 5.74) is 3.66. The number of nitrogens with zero attached hydrogens (tertiary/aromatic N) is 3. The van der Waals surface area contributed by atoms with Gasteiger partial charge in [0.15, 0.2) is 0 Å². The van der Waals surface area contributed by atoms with Crippen LogP contribution in [0.25, 0.3) is 27.2 Å². The number of carbonyl (C=O) groups excluding carboxylic acids is 1. The summed E-state index contributed by atoms with van der Waals surface area (Å²) in [6, 6.07) is 19.3. The molecule has 0 spiro atoms. The number of para-hydroxylation sites is 1. The second-order valence-electron chi connectivity index (χ2n) is 6.27. The third-order valence-electron chi connectivity index (χ3n) is 4.43. The normalized spacial score (nSPS) is 11.0. The number of hydrogen-bond donors (Lipinski definition) is 2. The van der Waals surface area contributed by atoms with Crippen LogP contribution in [0.4, 0.5) is 5.69 Å². The van der Waals surface area contributed by atoms with Crippen LogP contribution in [0.15, 0.2) is 78.4 Å². The first-order valence-corrected chi connectivity index (χ1v) is 9.59. The van der Waals surface area contributed by atoms with Gasteiger partial charge in [-0.15, -0.1) is 11.3 Å². The van der Waals surface area contributed by atoms with Gasteiger partial charge in [-0.05, 0) is 41.8 Å². The first-order valence-electron chi connectivity index (χ1n) is 8.71. The summed E-state index contributed by atoms with van der Waals surface area (Å²) in [4.78, 5) is 14.0. The topological polar surface area (TPSA) is 75.6 Å². The minimum atomic E-state index is -0.204. The molecule has 5 aromatic rings. The Morgan fingerprint density at radius 1 is 1.07 bits per heavy atom. The van der Waals surface area contributed by atoms with Gasteiger partial charge in [0.25, 0.3) is 5.91 Å². The molecule has 0 bridgehead atoms. The number of benzene rings is 2.